The molecule has 104 valence electrons. The maximum Gasteiger partial charge on any atom is 0.265 e. The monoisotopic (exact) mass is 272 g/mol. The van der Waals surface area contributed by atoms with E-state index >= 15 is 0 Å². The standard InChI is InChI=1S/C15H16N2O3/c1-10-15(18)16-12-8-11(5-6-13(12)20-10)9-17(2)14-4-3-7-19-14/h3-8,10H,9H2,1-2H3,(H,16,18). The Bertz CT molecular complexity index is 622. The van der Waals surface area contributed by atoms with Crippen molar-refractivity contribution < 1.29 is 13.9 Å². The molecule has 20 heavy (non-hydrogen) atoms. The number of ether oxygens (including phenoxy) is 1. The molecular formula is C15H16N2O3. The zero-order valence-corrected chi connectivity index (χ0v) is 11.4. The van der Waals surface area contributed by atoms with Gasteiger partial charge in [-0.2, -0.15) is 0 Å². The van der Waals surface area contributed by atoms with Crippen LogP contribution in [0.2, 0.25) is 0 Å². The van der Waals surface area contributed by atoms with Gasteiger partial charge in [0.1, 0.15) is 5.75 Å². The molecule has 5 nitrogen and oxygen atoms in total. The van der Waals surface area contributed by atoms with Gasteiger partial charge in [0.05, 0.1) is 12.0 Å². The van der Waals surface area contributed by atoms with E-state index in [1.54, 1.807) is 13.2 Å². The highest BCUT2D eigenvalue weighted by atomic mass is 16.5. The van der Waals surface area contributed by atoms with Crippen molar-refractivity contribution in [3.05, 3.63) is 42.2 Å². The lowest BCUT2D eigenvalue weighted by molar-refractivity contribution is -0.122. The minimum absolute atomic E-state index is 0.117. The maximum atomic E-state index is 11.6. The number of nitrogens with one attached hydrogen (secondary N) is 1. The van der Waals surface area contributed by atoms with E-state index in [0.29, 0.717) is 12.3 Å². The molecule has 2 heterocycles. The summed E-state index contributed by atoms with van der Waals surface area (Å²) in [5, 5.41) is 2.85. The Morgan fingerprint density at radius 1 is 1.35 bits per heavy atom. The molecule has 2 aromatic rings. The van der Waals surface area contributed by atoms with Crippen LogP contribution in [0, 0.1) is 0 Å². The van der Waals surface area contributed by atoms with Crippen LogP contribution in [0.15, 0.2) is 41.0 Å². The third-order valence-corrected chi connectivity index (χ3v) is 3.28. The second-order valence-electron chi connectivity index (χ2n) is 4.89. The Kier molecular flexibility index (Phi) is 3.10. The second kappa shape index (κ2) is 4.92. The van der Waals surface area contributed by atoms with Crippen LogP contribution in [0.5, 0.6) is 5.75 Å². The number of nitrogens with zero attached hydrogens (tertiary/aromatic N) is 1. The molecule has 1 aliphatic heterocycles. The Morgan fingerprint density at radius 2 is 2.20 bits per heavy atom. The van der Waals surface area contributed by atoms with Gasteiger partial charge < -0.3 is 19.4 Å². The third kappa shape index (κ3) is 2.34. The summed E-state index contributed by atoms with van der Waals surface area (Å²) in [4.78, 5) is 13.6. The number of furan rings is 1. The number of hydrogen-bond donors (Lipinski definition) is 1. The first kappa shape index (κ1) is 12.6. The highest BCUT2D eigenvalue weighted by Gasteiger charge is 2.23. The van der Waals surface area contributed by atoms with Gasteiger partial charge in [-0.3, -0.25) is 4.79 Å². The Morgan fingerprint density at radius 3 is 2.95 bits per heavy atom. The topological polar surface area (TPSA) is 54.7 Å². The normalized spacial score (nSPS) is 17.1. The smallest absolute Gasteiger partial charge is 0.265 e. The quantitative estimate of drug-likeness (QED) is 0.933. The number of benzene rings is 1. The van der Waals surface area contributed by atoms with E-state index in [2.05, 4.69) is 5.32 Å². The first-order chi connectivity index (χ1) is 9.63. The summed E-state index contributed by atoms with van der Waals surface area (Å²) in [6, 6.07) is 9.57. The van der Waals surface area contributed by atoms with Gasteiger partial charge in [0.25, 0.3) is 5.91 Å². The average molecular weight is 272 g/mol. The molecule has 5 heteroatoms. The lowest BCUT2D eigenvalue weighted by Crippen LogP contribution is -2.34. The molecule has 0 fully saturated rings. The molecule has 0 saturated carbocycles. The van der Waals surface area contributed by atoms with Crippen molar-refractivity contribution in [1.82, 2.24) is 0 Å². The summed E-state index contributed by atoms with van der Waals surface area (Å²) in [7, 11) is 1.95. The van der Waals surface area contributed by atoms with Crippen LogP contribution in [0.1, 0.15) is 12.5 Å². The Labute approximate surface area is 117 Å². The lowest BCUT2D eigenvalue weighted by atomic mass is 10.1. The average Bonchev–Trinajstić information content (AvgIpc) is 2.94. The predicted octanol–water partition coefficient (Wildman–Crippen LogP) is 2.64. The van der Waals surface area contributed by atoms with Crippen LogP contribution in [-0.2, 0) is 11.3 Å². The van der Waals surface area contributed by atoms with Gasteiger partial charge in [-0.25, -0.2) is 0 Å². The summed E-state index contributed by atoms with van der Waals surface area (Å²) in [5.74, 6) is 1.40. The molecule has 0 saturated heterocycles. The Hall–Kier alpha value is -2.43. The predicted molar refractivity (Wildman–Crippen MR) is 76.0 cm³/mol. The number of carbonyl (C=O) groups is 1. The van der Waals surface area contributed by atoms with Crippen LogP contribution in [0.3, 0.4) is 0 Å². The van der Waals surface area contributed by atoms with Crippen LogP contribution in [0.4, 0.5) is 11.6 Å². The van der Waals surface area contributed by atoms with Gasteiger partial charge in [0.2, 0.25) is 0 Å². The zero-order chi connectivity index (χ0) is 14.1. The van der Waals surface area contributed by atoms with E-state index in [1.807, 2.05) is 42.3 Å². The molecule has 0 aliphatic carbocycles. The van der Waals surface area contributed by atoms with Crippen molar-refractivity contribution in [2.45, 2.75) is 19.6 Å². The molecule has 1 aromatic heterocycles. The van der Waals surface area contributed by atoms with Crippen molar-refractivity contribution in [2.24, 2.45) is 0 Å². The molecule has 3 rings (SSSR count). The molecule has 0 radical (unpaired) electrons. The van der Waals surface area contributed by atoms with Crippen LogP contribution in [-0.4, -0.2) is 19.1 Å². The molecule has 1 atom stereocenters. The first-order valence-corrected chi connectivity index (χ1v) is 6.48. The van der Waals surface area contributed by atoms with Crippen molar-refractivity contribution in [3.63, 3.8) is 0 Å². The largest absolute Gasteiger partial charge is 0.479 e. The molecule has 1 aliphatic rings. The molecule has 0 spiro atoms. The first-order valence-electron chi connectivity index (χ1n) is 6.48. The number of carbonyl (C=O) groups excluding carboxylic acids is 1. The molecule has 1 amide bonds. The number of anilines is 2. The summed E-state index contributed by atoms with van der Waals surface area (Å²) >= 11 is 0. The van der Waals surface area contributed by atoms with Crippen molar-refractivity contribution in [3.8, 4) is 5.75 Å². The molecule has 1 aromatic carbocycles. The minimum atomic E-state index is -0.445. The summed E-state index contributed by atoms with van der Waals surface area (Å²) in [6.07, 6.45) is 1.20. The fourth-order valence-corrected chi connectivity index (χ4v) is 2.19. The fraction of sp³-hybridized carbons (Fsp3) is 0.267. The lowest BCUT2D eigenvalue weighted by Gasteiger charge is -2.24. The van der Waals surface area contributed by atoms with E-state index in [4.69, 9.17) is 9.15 Å². The molecule has 1 unspecified atom stereocenters. The van der Waals surface area contributed by atoms with Gasteiger partial charge in [-0.1, -0.05) is 6.07 Å². The number of amides is 1. The third-order valence-electron chi connectivity index (χ3n) is 3.28. The molecule has 0 bridgehead atoms. The van der Waals surface area contributed by atoms with E-state index in [9.17, 15) is 4.79 Å². The summed E-state index contributed by atoms with van der Waals surface area (Å²) in [5.41, 5.74) is 1.79. The SMILES string of the molecule is CC1Oc2ccc(CN(C)c3ccco3)cc2NC1=O. The van der Waals surface area contributed by atoms with Gasteiger partial charge in [-0.05, 0) is 30.7 Å². The summed E-state index contributed by atoms with van der Waals surface area (Å²) in [6.45, 7) is 2.42. The zero-order valence-electron chi connectivity index (χ0n) is 11.4. The van der Waals surface area contributed by atoms with E-state index in [0.717, 1.165) is 17.1 Å². The Balaban J connectivity index is 1.79. The summed E-state index contributed by atoms with van der Waals surface area (Å²) < 4.78 is 10.9. The number of hydrogen-bond acceptors (Lipinski definition) is 4. The van der Waals surface area contributed by atoms with Gasteiger partial charge in [0, 0.05) is 19.7 Å². The van der Waals surface area contributed by atoms with Crippen LogP contribution < -0.4 is 15.0 Å². The van der Waals surface area contributed by atoms with E-state index in [-0.39, 0.29) is 5.91 Å². The number of rotatable bonds is 3. The van der Waals surface area contributed by atoms with Crippen molar-refractivity contribution in [2.75, 3.05) is 17.3 Å². The van der Waals surface area contributed by atoms with E-state index in [1.165, 1.54) is 0 Å². The number of fused-ring (bicyclic) bond motifs is 1. The van der Waals surface area contributed by atoms with Crippen LogP contribution >= 0.6 is 0 Å². The van der Waals surface area contributed by atoms with Gasteiger partial charge in [-0.15, -0.1) is 0 Å². The highest BCUT2D eigenvalue weighted by molar-refractivity contribution is 5.97. The van der Waals surface area contributed by atoms with Gasteiger partial charge in [0.15, 0.2) is 12.0 Å². The molecular weight excluding hydrogens is 256 g/mol. The molecule has 1 N–H and O–H groups in total. The highest BCUT2D eigenvalue weighted by Crippen LogP contribution is 2.31. The maximum absolute atomic E-state index is 11.6. The van der Waals surface area contributed by atoms with Crippen molar-refractivity contribution >= 4 is 17.5 Å². The van der Waals surface area contributed by atoms with Crippen molar-refractivity contribution in [1.29, 1.82) is 0 Å². The second-order valence-corrected chi connectivity index (χ2v) is 4.89. The van der Waals surface area contributed by atoms with Crippen LogP contribution in [0.25, 0.3) is 0 Å². The van der Waals surface area contributed by atoms with Gasteiger partial charge >= 0.3 is 0 Å². The van der Waals surface area contributed by atoms with E-state index < -0.39 is 6.10 Å². The fourth-order valence-electron chi connectivity index (χ4n) is 2.19. The minimum Gasteiger partial charge on any atom is -0.479 e.